The Bertz CT molecular complexity index is 281. The number of piperidine rings is 1. The first kappa shape index (κ1) is 17.5. The fraction of sp³-hybridized carbons (Fsp3) is 1.00. The second-order valence-electron chi connectivity index (χ2n) is 6.69. The Morgan fingerprint density at radius 3 is 2.71 bits per heavy atom. The summed E-state index contributed by atoms with van der Waals surface area (Å²) in [6, 6.07) is 1.29. The van der Waals surface area contributed by atoms with E-state index in [0.717, 1.165) is 32.2 Å². The fourth-order valence-electron chi connectivity index (χ4n) is 4.18. The van der Waals surface area contributed by atoms with Crippen molar-refractivity contribution in [2.24, 2.45) is 5.92 Å². The first-order chi connectivity index (χ1) is 9.93. The van der Waals surface area contributed by atoms with Crippen LogP contribution in [0.2, 0.25) is 0 Å². The van der Waals surface area contributed by atoms with Crippen LogP contribution in [0.1, 0.15) is 38.5 Å². The van der Waals surface area contributed by atoms with Gasteiger partial charge in [-0.25, -0.2) is 0 Å². The normalized spacial score (nSPS) is 34.6. The van der Waals surface area contributed by atoms with Crippen molar-refractivity contribution in [1.82, 2.24) is 15.5 Å². The molecule has 5 heteroatoms. The third kappa shape index (κ3) is 5.07. The predicted octanol–water partition coefficient (Wildman–Crippen LogP) is 1.64. The van der Waals surface area contributed by atoms with E-state index in [1.54, 1.807) is 0 Å². The number of nitrogens with zero attached hydrogens (tertiary/aromatic N) is 1. The van der Waals surface area contributed by atoms with E-state index < -0.39 is 0 Å². The van der Waals surface area contributed by atoms with E-state index >= 15 is 0 Å². The maximum Gasteiger partial charge on any atom is 0.0623 e. The molecule has 3 atom stereocenters. The van der Waals surface area contributed by atoms with Crippen LogP contribution in [-0.2, 0) is 4.74 Å². The molecule has 21 heavy (non-hydrogen) atoms. The number of rotatable bonds is 5. The van der Waals surface area contributed by atoms with Crippen molar-refractivity contribution >= 4 is 12.4 Å². The van der Waals surface area contributed by atoms with Gasteiger partial charge in [0.1, 0.15) is 0 Å². The van der Waals surface area contributed by atoms with E-state index in [1.165, 1.54) is 58.2 Å². The minimum absolute atomic E-state index is 0. The largest absolute Gasteiger partial charge is 0.379 e. The van der Waals surface area contributed by atoms with Crippen LogP contribution in [0.15, 0.2) is 0 Å². The van der Waals surface area contributed by atoms with Gasteiger partial charge in [0, 0.05) is 31.7 Å². The highest BCUT2D eigenvalue weighted by Crippen LogP contribution is 2.29. The van der Waals surface area contributed by atoms with Gasteiger partial charge in [-0.1, -0.05) is 12.8 Å². The summed E-state index contributed by atoms with van der Waals surface area (Å²) in [5.74, 6) is 0.775. The molecule has 1 aliphatic carbocycles. The van der Waals surface area contributed by atoms with Crippen molar-refractivity contribution in [3.63, 3.8) is 0 Å². The molecule has 3 fully saturated rings. The molecule has 0 aromatic rings. The molecule has 0 amide bonds. The van der Waals surface area contributed by atoms with Gasteiger partial charge < -0.3 is 20.3 Å². The molecule has 0 radical (unpaired) electrons. The van der Waals surface area contributed by atoms with E-state index in [-0.39, 0.29) is 12.4 Å². The van der Waals surface area contributed by atoms with Crippen molar-refractivity contribution in [3.05, 3.63) is 0 Å². The predicted molar refractivity (Wildman–Crippen MR) is 89.3 cm³/mol. The third-order valence-corrected chi connectivity index (χ3v) is 5.32. The number of halogens is 1. The topological polar surface area (TPSA) is 36.5 Å². The maximum absolute atomic E-state index is 5.64. The van der Waals surface area contributed by atoms with Gasteiger partial charge >= 0.3 is 0 Å². The first-order valence-corrected chi connectivity index (χ1v) is 8.70. The van der Waals surface area contributed by atoms with Gasteiger partial charge in [-0.15, -0.1) is 12.4 Å². The lowest BCUT2D eigenvalue weighted by molar-refractivity contribution is 0.0523. The lowest BCUT2D eigenvalue weighted by Crippen LogP contribution is -2.51. The van der Waals surface area contributed by atoms with Gasteiger partial charge in [0.2, 0.25) is 0 Å². The summed E-state index contributed by atoms with van der Waals surface area (Å²) in [5, 5.41) is 7.49. The summed E-state index contributed by atoms with van der Waals surface area (Å²) < 4.78 is 5.64. The molecule has 0 spiro atoms. The molecular weight excluding hydrogens is 286 g/mol. The molecule has 4 nitrogen and oxygen atoms in total. The van der Waals surface area contributed by atoms with Crippen LogP contribution in [-0.4, -0.2) is 62.9 Å². The van der Waals surface area contributed by atoms with Crippen LogP contribution in [0.25, 0.3) is 0 Å². The molecule has 0 aromatic heterocycles. The monoisotopic (exact) mass is 317 g/mol. The summed E-state index contributed by atoms with van der Waals surface area (Å²) >= 11 is 0. The Morgan fingerprint density at radius 1 is 1.10 bits per heavy atom. The lowest BCUT2D eigenvalue weighted by atomic mass is 9.94. The number of hydrogen-bond donors (Lipinski definition) is 2. The standard InChI is InChI=1S/C16H31N3O.ClH/c1-2-9-19(10-3-1)11-7-17-15-6-4-5-14(15)16-13-20-12-8-18-16;/h14-18H,1-13H2;1H. The molecule has 2 heterocycles. The molecule has 2 N–H and O–H groups in total. The van der Waals surface area contributed by atoms with Gasteiger partial charge in [0.05, 0.1) is 13.2 Å². The molecule has 3 unspecified atom stereocenters. The zero-order chi connectivity index (χ0) is 13.6. The summed E-state index contributed by atoms with van der Waals surface area (Å²) in [6.07, 6.45) is 8.32. The highest BCUT2D eigenvalue weighted by molar-refractivity contribution is 5.85. The van der Waals surface area contributed by atoms with Crippen molar-refractivity contribution in [3.8, 4) is 0 Å². The zero-order valence-electron chi connectivity index (χ0n) is 13.2. The first-order valence-electron chi connectivity index (χ1n) is 8.70. The number of likely N-dealkylation sites (tertiary alicyclic amines) is 1. The zero-order valence-corrected chi connectivity index (χ0v) is 14.0. The van der Waals surface area contributed by atoms with Crippen LogP contribution >= 0.6 is 12.4 Å². The second kappa shape index (κ2) is 9.31. The van der Waals surface area contributed by atoms with Gasteiger partial charge in [-0.3, -0.25) is 0 Å². The molecule has 1 saturated carbocycles. The molecule has 3 rings (SSSR count). The lowest BCUT2D eigenvalue weighted by Gasteiger charge is -2.33. The highest BCUT2D eigenvalue weighted by atomic mass is 35.5. The number of nitrogens with one attached hydrogen (secondary N) is 2. The van der Waals surface area contributed by atoms with Gasteiger partial charge in [0.25, 0.3) is 0 Å². The van der Waals surface area contributed by atoms with Crippen molar-refractivity contribution in [1.29, 1.82) is 0 Å². The summed E-state index contributed by atoms with van der Waals surface area (Å²) in [7, 11) is 0. The minimum Gasteiger partial charge on any atom is -0.379 e. The van der Waals surface area contributed by atoms with Gasteiger partial charge in [0.15, 0.2) is 0 Å². The summed E-state index contributed by atoms with van der Waals surface area (Å²) in [5.41, 5.74) is 0. The van der Waals surface area contributed by atoms with E-state index in [1.807, 2.05) is 0 Å². The Kier molecular flexibility index (Phi) is 7.75. The molecular formula is C16H32ClN3O. The van der Waals surface area contributed by atoms with Crippen molar-refractivity contribution in [2.75, 3.05) is 45.9 Å². The van der Waals surface area contributed by atoms with Crippen molar-refractivity contribution in [2.45, 2.75) is 50.6 Å². The minimum atomic E-state index is 0. The van der Waals surface area contributed by atoms with E-state index in [4.69, 9.17) is 4.74 Å². The van der Waals surface area contributed by atoms with Crippen LogP contribution in [0.5, 0.6) is 0 Å². The molecule has 0 bridgehead atoms. The number of morpholine rings is 1. The highest BCUT2D eigenvalue weighted by Gasteiger charge is 2.34. The Morgan fingerprint density at radius 2 is 1.95 bits per heavy atom. The fourth-order valence-corrected chi connectivity index (χ4v) is 4.18. The van der Waals surface area contributed by atoms with Crippen LogP contribution in [0, 0.1) is 5.92 Å². The van der Waals surface area contributed by atoms with Gasteiger partial charge in [-0.2, -0.15) is 0 Å². The van der Waals surface area contributed by atoms with Crippen LogP contribution in [0.4, 0.5) is 0 Å². The average Bonchev–Trinajstić information content (AvgIpc) is 2.98. The second-order valence-corrected chi connectivity index (χ2v) is 6.69. The molecule has 124 valence electrons. The Hall–Kier alpha value is 0.130. The quantitative estimate of drug-likeness (QED) is 0.808. The van der Waals surface area contributed by atoms with Gasteiger partial charge in [-0.05, 0) is 44.7 Å². The molecule has 2 saturated heterocycles. The Balaban J connectivity index is 0.00000161. The number of ether oxygens (including phenoxy) is 1. The molecule has 3 aliphatic rings. The summed E-state index contributed by atoms with van der Waals surface area (Å²) in [6.45, 7) is 7.85. The van der Waals surface area contributed by atoms with E-state index in [0.29, 0.717) is 12.1 Å². The molecule has 2 aliphatic heterocycles. The van der Waals surface area contributed by atoms with Crippen LogP contribution < -0.4 is 10.6 Å². The smallest absolute Gasteiger partial charge is 0.0623 e. The average molecular weight is 318 g/mol. The number of hydrogen-bond acceptors (Lipinski definition) is 4. The van der Waals surface area contributed by atoms with E-state index in [9.17, 15) is 0 Å². The summed E-state index contributed by atoms with van der Waals surface area (Å²) in [4.78, 5) is 2.63. The maximum atomic E-state index is 5.64. The third-order valence-electron chi connectivity index (χ3n) is 5.32. The van der Waals surface area contributed by atoms with Crippen molar-refractivity contribution < 1.29 is 4.74 Å². The Labute approximate surface area is 135 Å². The van der Waals surface area contributed by atoms with E-state index in [2.05, 4.69) is 15.5 Å². The molecule has 0 aromatic carbocycles. The SMILES string of the molecule is C1CCN(CCNC2CCCC2C2COCCN2)CC1.Cl. The van der Waals surface area contributed by atoms with Crippen LogP contribution in [0.3, 0.4) is 0 Å².